The van der Waals surface area contributed by atoms with Gasteiger partial charge in [-0.15, -0.1) is 0 Å². The molecule has 0 radical (unpaired) electrons. The van der Waals surface area contributed by atoms with E-state index in [1.165, 1.54) is 10.6 Å². The Labute approximate surface area is 146 Å². The SMILES string of the molecule is CN1CCN(C(=O)c2ccc(=O)n(CCO)c2)C(c2ccccc2)C1. The van der Waals surface area contributed by atoms with Crippen molar-refractivity contribution in [3.63, 3.8) is 0 Å². The Kier molecular flexibility index (Phi) is 5.31. The predicted molar refractivity (Wildman–Crippen MR) is 95.5 cm³/mol. The van der Waals surface area contributed by atoms with E-state index >= 15 is 0 Å². The van der Waals surface area contributed by atoms with E-state index in [9.17, 15) is 9.59 Å². The van der Waals surface area contributed by atoms with E-state index < -0.39 is 0 Å². The number of aliphatic hydroxyl groups excluding tert-OH is 1. The lowest BCUT2D eigenvalue weighted by molar-refractivity contribution is 0.0497. The quantitative estimate of drug-likeness (QED) is 0.900. The van der Waals surface area contributed by atoms with Gasteiger partial charge < -0.3 is 19.5 Å². The maximum Gasteiger partial charge on any atom is 0.255 e. The first kappa shape index (κ1) is 17.4. The second-order valence-corrected chi connectivity index (χ2v) is 6.36. The molecule has 2 heterocycles. The van der Waals surface area contributed by atoms with E-state index in [-0.39, 0.29) is 30.7 Å². The van der Waals surface area contributed by atoms with Crippen LogP contribution in [0.4, 0.5) is 0 Å². The molecule has 132 valence electrons. The van der Waals surface area contributed by atoms with Crippen LogP contribution in [-0.4, -0.2) is 58.7 Å². The average molecular weight is 341 g/mol. The van der Waals surface area contributed by atoms with Crippen LogP contribution < -0.4 is 5.56 Å². The van der Waals surface area contributed by atoms with Crippen molar-refractivity contribution in [1.29, 1.82) is 0 Å². The van der Waals surface area contributed by atoms with E-state index in [0.717, 1.165) is 18.7 Å². The van der Waals surface area contributed by atoms with Crippen LogP contribution in [0.2, 0.25) is 0 Å². The highest BCUT2D eigenvalue weighted by molar-refractivity contribution is 5.94. The first-order chi connectivity index (χ1) is 12.1. The van der Waals surface area contributed by atoms with Crippen molar-refractivity contribution in [2.75, 3.05) is 33.3 Å². The van der Waals surface area contributed by atoms with Crippen LogP contribution in [0.1, 0.15) is 22.0 Å². The highest BCUT2D eigenvalue weighted by Crippen LogP contribution is 2.26. The Bertz CT molecular complexity index is 788. The van der Waals surface area contributed by atoms with Gasteiger partial charge in [-0.25, -0.2) is 0 Å². The molecule has 0 bridgehead atoms. The number of amides is 1. The fraction of sp³-hybridized carbons (Fsp3) is 0.368. The molecule has 1 atom stereocenters. The van der Waals surface area contributed by atoms with Crippen molar-refractivity contribution in [1.82, 2.24) is 14.4 Å². The van der Waals surface area contributed by atoms with Gasteiger partial charge in [-0.05, 0) is 18.7 Å². The fourth-order valence-electron chi connectivity index (χ4n) is 3.23. The number of carbonyl (C=O) groups is 1. The molecular formula is C19H23N3O3. The number of aliphatic hydroxyl groups is 1. The van der Waals surface area contributed by atoms with Crippen LogP contribution in [0.3, 0.4) is 0 Å². The summed E-state index contributed by atoms with van der Waals surface area (Å²) in [4.78, 5) is 29.0. The summed E-state index contributed by atoms with van der Waals surface area (Å²) in [5.74, 6) is -0.0892. The Hall–Kier alpha value is -2.44. The van der Waals surface area contributed by atoms with Crippen LogP contribution in [-0.2, 0) is 6.54 Å². The van der Waals surface area contributed by atoms with Crippen LogP contribution in [0.25, 0.3) is 0 Å². The summed E-state index contributed by atoms with van der Waals surface area (Å²) in [6.07, 6.45) is 1.54. The monoisotopic (exact) mass is 341 g/mol. The van der Waals surface area contributed by atoms with Gasteiger partial charge in [0.2, 0.25) is 0 Å². The van der Waals surface area contributed by atoms with E-state index in [0.29, 0.717) is 12.1 Å². The molecule has 0 saturated carbocycles. The average Bonchev–Trinajstić information content (AvgIpc) is 2.64. The zero-order valence-electron chi connectivity index (χ0n) is 14.3. The Morgan fingerprint density at radius 1 is 1.16 bits per heavy atom. The van der Waals surface area contributed by atoms with Gasteiger partial charge in [-0.3, -0.25) is 9.59 Å². The molecule has 1 saturated heterocycles. The van der Waals surface area contributed by atoms with Crippen LogP contribution in [0, 0.1) is 0 Å². The highest BCUT2D eigenvalue weighted by atomic mass is 16.3. The molecule has 1 fully saturated rings. The van der Waals surface area contributed by atoms with Crippen molar-refractivity contribution < 1.29 is 9.90 Å². The number of pyridine rings is 1. The van der Waals surface area contributed by atoms with Gasteiger partial charge in [0, 0.05) is 38.4 Å². The zero-order chi connectivity index (χ0) is 17.8. The van der Waals surface area contributed by atoms with Gasteiger partial charge in [0.25, 0.3) is 11.5 Å². The molecule has 25 heavy (non-hydrogen) atoms. The third-order valence-corrected chi connectivity index (χ3v) is 4.60. The maximum absolute atomic E-state index is 13.1. The molecule has 2 aromatic rings. The van der Waals surface area contributed by atoms with Crippen LogP contribution in [0.15, 0.2) is 53.5 Å². The van der Waals surface area contributed by atoms with Gasteiger partial charge in [-0.2, -0.15) is 0 Å². The summed E-state index contributed by atoms with van der Waals surface area (Å²) in [5.41, 5.74) is 1.35. The minimum absolute atomic E-state index is 0.0225. The van der Waals surface area contributed by atoms with Crippen molar-refractivity contribution >= 4 is 5.91 Å². The molecule has 0 spiro atoms. The van der Waals surface area contributed by atoms with E-state index in [4.69, 9.17) is 5.11 Å². The van der Waals surface area contributed by atoms with E-state index in [2.05, 4.69) is 11.9 Å². The molecule has 6 nitrogen and oxygen atoms in total. The number of hydrogen-bond donors (Lipinski definition) is 1. The Balaban J connectivity index is 1.91. The summed E-state index contributed by atoms with van der Waals surface area (Å²) < 4.78 is 1.38. The van der Waals surface area contributed by atoms with E-state index in [1.54, 1.807) is 12.3 Å². The standard InChI is InChI=1S/C19H23N3O3/c1-20-9-10-22(17(14-20)15-5-3-2-4-6-15)19(25)16-7-8-18(24)21(13-16)11-12-23/h2-8,13,17,23H,9-12,14H2,1H3. The van der Waals surface area contributed by atoms with Crippen molar-refractivity contribution in [2.45, 2.75) is 12.6 Å². The summed E-state index contributed by atoms with van der Waals surface area (Å²) in [6.45, 7) is 2.26. The van der Waals surface area contributed by atoms with Crippen molar-refractivity contribution in [3.8, 4) is 0 Å². The second-order valence-electron chi connectivity index (χ2n) is 6.36. The predicted octanol–water partition coefficient (Wildman–Crippen LogP) is 0.969. The second kappa shape index (κ2) is 7.63. The summed E-state index contributed by atoms with van der Waals surface area (Å²) in [6, 6.07) is 12.9. The number of benzene rings is 1. The number of nitrogens with zero attached hydrogens (tertiary/aromatic N) is 3. The van der Waals surface area contributed by atoms with Crippen LogP contribution >= 0.6 is 0 Å². The topological polar surface area (TPSA) is 65.8 Å². The minimum atomic E-state index is -0.219. The van der Waals surface area contributed by atoms with Gasteiger partial charge in [0.1, 0.15) is 0 Å². The molecule has 3 rings (SSSR count). The summed E-state index contributed by atoms with van der Waals surface area (Å²) >= 11 is 0. The summed E-state index contributed by atoms with van der Waals surface area (Å²) in [5, 5.41) is 9.08. The number of piperazine rings is 1. The zero-order valence-corrected chi connectivity index (χ0v) is 14.3. The third-order valence-electron chi connectivity index (χ3n) is 4.60. The third kappa shape index (κ3) is 3.81. The molecule has 1 aliphatic rings. The van der Waals surface area contributed by atoms with Gasteiger partial charge >= 0.3 is 0 Å². The smallest absolute Gasteiger partial charge is 0.255 e. The maximum atomic E-state index is 13.1. The molecular weight excluding hydrogens is 318 g/mol. The van der Waals surface area contributed by atoms with Crippen LogP contribution in [0.5, 0.6) is 0 Å². The lowest BCUT2D eigenvalue weighted by Crippen LogP contribution is -2.49. The number of rotatable bonds is 4. The first-order valence-corrected chi connectivity index (χ1v) is 8.46. The summed E-state index contributed by atoms with van der Waals surface area (Å²) in [7, 11) is 2.05. The highest BCUT2D eigenvalue weighted by Gasteiger charge is 2.30. The van der Waals surface area contributed by atoms with Gasteiger partial charge in [-0.1, -0.05) is 30.3 Å². The molecule has 1 aliphatic heterocycles. The lowest BCUT2D eigenvalue weighted by atomic mass is 10.0. The van der Waals surface area contributed by atoms with E-state index in [1.807, 2.05) is 35.2 Å². The Morgan fingerprint density at radius 3 is 2.64 bits per heavy atom. The normalized spacial score (nSPS) is 18.3. The van der Waals surface area contributed by atoms with Crippen molar-refractivity contribution in [3.05, 3.63) is 70.1 Å². The number of hydrogen-bond acceptors (Lipinski definition) is 4. The number of carbonyl (C=O) groups excluding carboxylic acids is 1. The lowest BCUT2D eigenvalue weighted by Gasteiger charge is -2.40. The van der Waals surface area contributed by atoms with Gasteiger partial charge in [0.05, 0.1) is 18.2 Å². The molecule has 1 N–H and O–H groups in total. The van der Waals surface area contributed by atoms with Gasteiger partial charge in [0.15, 0.2) is 0 Å². The molecule has 1 aromatic heterocycles. The molecule has 0 aliphatic carbocycles. The van der Waals surface area contributed by atoms with Crippen molar-refractivity contribution in [2.24, 2.45) is 0 Å². The Morgan fingerprint density at radius 2 is 1.92 bits per heavy atom. The molecule has 6 heteroatoms. The first-order valence-electron chi connectivity index (χ1n) is 8.46. The molecule has 1 unspecified atom stereocenters. The largest absolute Gasteiger partial charge is 0.395 e. The number of likely N-dealkylation sites (N-methyl/N-ethyl adjacent to an activating group) is 1. The molecule has 1 amide bonds. The number of aromatic nitrogens is 1. The minimum Gasteiger partial charge on any atom is -0.395 e. The molecule has 1 aromatic carbocycles. The fourth-order valence-corrected chi connectivity index (χ4v) is 3.23.